The van der Waals surface area contributed by atoms with E-state index in [1.54, 1.807) is 0 Å². The van der Waals surface area contributed by atoms with Crippen LogP contribution in [0.1, 0.15) is 20.3 Å². The summed E-state index contributed by atoms with van der Waals surface area (Å²) in [5.74, 6) is 0. The van der Waals surface area contributed by atoms with Crippen LogP contribution in [0.25, 0.3) is 0 Å². The van der Waals surface area contributed by atoms with Crippen LogP contribution in [0.3, 0.4) is 0 Å². The van der Waals surface area contributed by atoms with Gasteiger partial charge in [-0.1, -0.05) is 6.92 Å². The minimum Gasteiger partial charge on any atom is -0.379 e. The zero-order valence-electron chi connectivity index (χ0n) is 10.1. The second-order valence-corrected chi connectivity index (χ2v) is 3.17. The maximum atomic E-state index is 5.36. The zero-order chi connectivity index (χ0) is 11.2. The monoisotopic (exact) mass is 219 g/mol. The Hall–Kier alpha value is -0.160. The highest BCUT2D eigenvalue weighted by Gasteiger charge is 1.90. The number of hydrogen-bond donors (Lipinski definition) is 1. The smallest absolute Gasteiger partial charge is 0.0701 e. The summed E-state index contributed by atoms with van der Waals surface area (Å²) in [4.78, 5) is 0. The molecule has 4 heteroatoms. The molecule has 0 aliphatic heterocycles. The van der Waals surface area contributed by atoms with E-state index in [1.165, 1.54) is 6.42 Å². The van der Waals surface area contributed by atoms with Gasteiger partial charge in [-0.3, -0.25) is 0 Å². The third-order valence-corrected chi connectivity index (χ3v) is 1.80. The molecule has 0 aliphatic carbocycles. The van der Waals surface area contributed by atoms with Gasteiger partial charge >= 0.3 is 0 Å². The summed E-state index contributed by atoms with van der Waals surface area (Å²) in [6.45, 7) is 10.3. The van der Waals surface area contributed by atoms with Crippen molar-refractivity contribution in [3.63, 3.8) is 0 Å². The van der Waals surface area contributed by atoms with Crippen LogP contribution in [-0.2, 0) is 14.2 Å². The standard InChI is InChI=1S/C11H25NO3/c1-3-5-12-6-7-14-10-11-15-9-8-13-4-2/h12H,3-11H2,1-2H3. The molecule has 0 aliphatic rings. The second-order valence-electron chi connectivity index (χ2n) is 3.17. The zero-order valence-corrected chi connectivity index (χ0v) is 10.1. The summed E-state index contributed by atoms with van der Waals surface area (Å²) in [6, 6.07) is 0. The van der Waals surface area contributed by atoms with Crippen molar-refractivity contribution in [3.8, 4) is 0 Å². The Kier molecular flexibility index (Phi) is 13.7. The van der Waals surface area contributed by atoms with Crippen LogP contribution in [0.15, 0.2) is 0 Å². The van der Waals surface area contributed by atoms with Crippen LogP contribution in [0.5, 0.6) is 0 Å². The molecule has 4 nitrogen and oxygen atoms in total. The first-order valence-corrected chi connectivity index (χ1v) is 5.85. The molecule has 0 heterocycles. The van der Waals surface area contributed by atoms with E-state index in [-0.39, 0.29) is 0 Å². The molecule has 0 aromatic carbocycles. The van der Waals surface area contributed by atoms with Gasteiger partial charge in [0.05, 0.1) is 33.0 Å². The van der Waals surface area contributed by atoms with Gasteiger partial charge < -0.3 is 19.5 Å². The van der Waals surface area contributed by atoms with Crippen molar-refractivity contribution in [2.24, 2.45) is 0 Å². The molecule has 0 unspecified atom stereocenters. The maximum Gasteiger partial charge on any atom is 0.0701 e. The van der Waals surface area contributed by atoms with Crippen LogP contribution >= 0.6 is 0 Å². The van der Waals surface area contributed by atoms with Gasteiger partial charge in [0.2, 0.25) is 0 Å². The molecule has 15 heavy (non-hydrogen) atoms. The van der Waals surface area contributed by atoms with Gasteiger partial charge in [-0.25, -0.2) is 0 Å². The first-order chi connectivity index (χ1) is 7.41. The molecule has 0 bridgehead atoms. The normalized spacial score (nSPS) is 10.8. The molecule has 0 saturated heterocycles. The summed E-state index contributed by atoms with van der Waals surface area (Å²) in [7, 11) is 0. The fourth-order valence-corrected chi connectivity index (χ4v) is 1.03. The number of ether oxygens (including phenoxy) is 3. The predicted octanol–water partition coefficient (Wildman–Crippen LogP) is 1.06. The summed E-state index contributed by atoms with van der Waals surface area (Å²) < 4.78 is 15.8. The maximum absolute atomic E-state index is 5.36. The molecule has 0 rings (SSSR count). The lowest BCUT2D eigenvalue weighted by Gasteiger charge is -2.06. The molecule has 1 N–H and O–H groups in total. The quantitative estimate of drug-likeness (QED) is 0.498. The Morgan fingerprint density at radius 1 is 0.733 bits per heavy atom. The van der Waals surface area contributed by atoms with Crippen LogP contribution in [0.4, 0.5) is 0 Å². The highest BCUT2D eigenvalue weighted by atomic mass is 16.5. The van der Waals surface area contributed by atoms with E-state index in [4.69, 9.17) is 14.2 Å². The second kappa shape index (κ2) is 13.8. The van der Waals surface area contributed by atoms with E-state index in [0.29, 0.717) is 26.4 Å². The molecule has 0 atom stereocenters. The van der Waals surface area contributed by atoms with E-state index in [1.807, 2.05) is 6.92 Å². The van der Waals surface area contributed by atoms with E-state index in [9.17, 15) is 0 Å². The molecule has 0 aromatic rings. The van der Waals surface area contributed by atoms with E-state index < -0.39 is 0 Å². The highest BCUT2D eigenvalue weighted by Crippen LogP contribution is 1.80. The molecule has 0 amide bonds. The first-order valence-electron chi connectivity index (χ1n) is 5.85. The van der Waals surface area contributed by atoms with E-state index in [0.717, 1.165) is 26.3 Å². The molecule has 92 valence electrons. The number of nitrogens with one attached hydrogen (secondary N) is 1. The Balaban J connectivity index is 2.81. The Labute approximate surface area is 93.3 Å². The van der Waals surface area contributed by atoms with E-state index in [2.05, 4.69) is 12.2 Å². The van der Waals surface area contributed by atoms with Crippen molar-refractivity contribution in [2.45, 2.75) is 20.3 Å². The van der Waals surface area contributed by atoms with Crippen LogP contribution in [0, 0.1) is 0 Å². The summed E-state index contributed by atoms with van der Waals surface area (Å²) >= 11 is 0. The molecule has 0 spiro atoms. The van der Waals surface area contributed by atoms with Gasteiger partial charge in [0.25, 0.3) is 0 Å². The molecule has 0 saturated carbocycles. The van der Waals surface area contributed by atoms with Crippen molar-refractivity contribution in [1.29, 1.82) is 0 Å². The number of hydrogen-bond acceptors (Lipinski definition) is 4. The van der Waals surface area contributed by atoms with Crippen LogP contribution in [-0.4, -0.2) is 52.7 Å². The van der Waals surface area contributed by atoms with Crippen LogP contribution < -0.4 is 5.32 Å². The lowest BCUT2D eigenvalue weighted by molar-refractivity contribution is 0.0176. The average molecular weight is 219 g/mol. The van der Waals surface area contributed by atoms with Gasteiger partial charge in [0.15, 0.2) is 0 Å². The number of rotatable bonds is 12. The molecule has 0 aromatic heterocycles. The van der Waals surface area contributed by atoms with Crippen molar-refractivity contribution in [1.82, 2.24) is 5.32 Å². The van der Waals surface area contributed by atoms with Gasteiger partial charge in [-0.05, 0) is 19.9 Å². The molecule has 0 fully saturated rings. The third kappa shape index (κ3) is 13.8. The topological polar surface area (TPSA) is 39.7 Å². The minimum atomic E-state index is 0.654. The van der Waals surface area contributed by atoms with Gasteiger partial charge in [-0.15, -0.1) is 0 Å². The fourth-order valence-electron chi connectivity index (χ4n) is 1.03. The Bertz CT molecular complexity index is 100. The molecule has 0 radical (unpaired) electrons. The first kappa shape index (κ1) is 14.8. The third-order valence-electron chi connectivity index (χ3n) is 1.80. The van der Waals surface area contributed by atoms with Crippen molar-refractivity contribution in [2.75, 3.05) is 52.7 Å². The fraction of sp³-hybridized carbons (Fsp3) is 1.00. The summed E-state index contributed by atoms with van der Waals surface area (Å²) in [5, 5.41) is 3.27. The largest absolute Gasteiger partial charge is 0.379 e. The highest BCUT2D eigenvalue weighted by molar-refractivity contribution is 4.43. The van der Waals surface area contributed by atoms with Gasteiger partial charge in [0.1, 0.15) is 0 Å². The van der Waals surface area contributed by atoms with Crippen LogP contribution in [0.2, 0.25) is 0 Å². The lowest BCUT2D eigenvalue weighted by Crippen LogP contribution is -2.21. The molecular formula is C11H25NO3. The summed E-state index contributed by atoms with van der Waals surface area (Å²) in [6.07, 6.45) is 1.17. The predicted molar refractivity (Wildman–Crippen MR) is 61.3 cm³/mol. The minimum absolute atomic E-state index is 0.654. The SMILES string of the molecule is CCCNCCOCCOCCOCC. The van der Waals surface area contributed by atoms with Crippen molar-refractivity contribution >= 4 is 0 Å². The average Bonchev–Trinajstić information content (AvgIpc) is 2.26. The lowest BCUT2D eigenvalue weighted by atomic mass is 10.5. The van der Waals surface area contributed by atoms with Gasteiger partial charge in [-0.2, -0.15) is 0 Å². The van der Waals surface area contributed by atoms with E-state index >= 15 is 0 Å². The van der Waals surface area contributed by atoms with Crippen molar-refractivity contribution in [3.05, 3.63) is 0 Å². The van der Waals surface area contributed by atoms with Crippen molar-refractivity contribution < 1.29 is 14.2 Å². The Morgan fingerprint density at radius 2 is 1.33 bits per heavy atom. The summed E-state index contributed by atoms with van der Waals surface area (Å²) in [5.41, 5.74) is 0. The Morgan fingerprint density at radius 3 is 1.93 bits per heavy atom. The molecular weight excluding hydrogens is 194 g/mol. The van der Waals surface area contributed by atoms with Gasteiger partial charge in [0, 0.05) is 13.2 Å².